The number of carbonyl (C=O) groups is 3. The summed E-state index contributed by atoms with van der Waals surface area (Å²) in [4.78, 5) is 37.7. The molecule has 36 heavy (non-hydrogen) atoms. The third-order valence-corrected chi connectivity index (χ3v) is 6.34. The van der Waals surface area contributed by atoms with Gasteiger partial charge in [-0.1, -0.05) is 118 Å². The van der Waals surface area contributed by atoms with Gasteiger partial charge in [-0.3, -0.25) is 4.79 Å². The molecule has 0 N–H and O–H groups in total. The van der Waals surface area contributed by atoms with E-state index in [4.69, 9.17) is 14.2 Å². The van der Waals surface area contributed by atoms with Crippen LogP contribution in [0.5, 0.6) is 0 Å². The van der Waals surface area contributed by atoms with Crippen LogP contribution in [0.1, 0.15) is 130 Å². The van der Waals surface area contributed by atoms with Gasteiger partial charge >= 0.3 is 17.9 Å². The quantitative estimate of drug-likeness (QED) is 0.0572. The summed E-state index contributed by atoms with van der Waals surface area (Å²) in [5, 5.41) is 0. The Morgan fingerprint density at radius 2 is 1.17 bits per heavy atom. The van der Waals surface area contributed by atoms with E-state index in [2.05, 4.69) is 27.4 Å². The third kappa shape index (κ3) is 18.4. The highest BCUT2D eigenvalue weighted by Gasteiger charge is 2.38. The maximum Gasteiger partial charge on any atom is 0.348 e. The molecular weight excluding hydrogens is 456 g/mol. The van der Waals surface area contributed by atoms with Crippen molar-refractivity contribution in [1.82, 2.24) is 0 Å². The first kappa shape index (κ1) is 34.1. The Labute approximate surface area is 220 Å². The average Bonchev–Trinajstić information content (AvgIpc) is 2.86. The van der Waals surface area contributed by atoms with E-state index in [1.165, 1.54) is 38.5 Å². The van der Waals surface area contributed by atoms with Crippen molar-refractivity contribution in [2.45, 2.75) is 137 Å². The lowest BCUT2D eigenvalue weighted by Gasteiger charge is -2.24. The smallest absolute Gasteiger partial charge is 0.348 e. The molecule has 2 unspecified atom stereocenters. The van der Waals surface area contributed by atoms with Crippen LogP contribution in [0.4, 0.5) is 0 Å². The van der Waals surface area contributed by atoms with Crippen LogP contribution in [-0.4, -0.2) is 37.2 Å². The van der Waals surface area contributed by atoms with Crippen LogP contribution in [0.3, 0.4) is 0 Å². The van der Waals surface area contributed by atoms with Crippen molar-refractivity contribution < 1.29 is 28.6 Å². The summed E-state index contributed by atoms with van der Waals surface area (Å²) in [7, 11) is 0. The molecule has 6 nitrogen and oxygen atoms in total. The number of esters is 3. The molecule has 6 heteroatoms. The highest BCUT2D eigenvalue weighted by molar-refractivity contribution is 5.88. The lowest BCUT2D eigenvalue weighted by molar-refractivity contribution is -0.176. The first-order chi connectivity index (χ1) is 17.4. The van der Waals surface area contributed by atoms with Crippen molar-refractivity contribution >= 4 is 17.9 Å². The van der Waals surface area contributed by atoms with Gasteiger partial charge < -0.3 is 14.2 Å². The number of carbonyl (C=O) groups excluding carboxylic acids is 3. The van der Waals surface area contributed by atoms with E-state index in [-0.39, 0.29) is 6.61 Å². The SMILES string of the molecule is C=CC(=O)OC(C(=O)OCCCCCC(C)C)C(CCCC)C(=O)OCCCCCCCCCCC. The molecule has 0 saturated heterocycles. The zero-order valence-electron chi connectivity index (χ0n) is 23.7. The zero-order chi connectivity index (χ0) is 27.0. The topological polar surface area (TPSA) is 78.9 Å². The Morgan fingerprint density at radius 1 is 0.667 bits per heavy atom. The molecule has 0 radical (unpaired) electrons. The molecule has 0 heterocycles. The Hall–Kier alpha value is -1.85. The summed E-state index contributed by atoms with van der Waals surface area (Å²) in [5.74, 6) is -2.16. The summed E-state index contributed by atoms with van der Waals surface area (Å²) < 4.78 is 16.3. The van der Waals surface area contributed by atoms with E-state index in [9.17, 15) is 14.4 Å². The summed E-state index contributed by atoms with van der Waals surface area (Å²) in [6, 6.07) is 0. The fraction of sp³-hybridized carbons (Fsp3) is 0.833. The Kier molecular flexibility index (Phi) is 22.3. The minimum atomic E-state index is -1.31. The second-order valence-electron chi connectivity index (χ2n) is 10.2. The number of unbranched alkanes of at least 4 members (excludes halogenated alkanes) is 11. The van der Waals surface area contributed by atoms with Gasteiger partial charge in [0.2, 0.25) is 6.10 Å². The first-order valence-electron chi connectivity index (χ1n) is 14.5. The van der Waals surface area contributed by atoms with Gasteiger partial charge in [-0.15, -0.1) is 0 Å². The molecular formula is C30H54O6. The van der Waals surface area contributed by atoms with Gasteiger partial charge in [-0.05, 0) is 25.2 Å². The van der Waals surface area contributed by atoms with E-state index in [1.54, 1.807) is 0 Å². The average molecular weight is 511 g/mol. The zero-order valence-corrected chi connectivity index (χ0v) is 23.7. The molecule has 0 aromatic heterocycles. The van der Waals surface area contributed by atoms with Crippen molar-refractivity contribution in [3.05, 3.63) is 12.7 Å². The molecule has 0 rings (SSSR count). The highest BCUT2D eigenvalue weighted by Crippen LogP contribution is 2.21. The summed E-state index contributed by atoms with van der Waals surface area (Å²) >= 11 is 0. The molecule has 0 bridgehead atoms. The predicted octanol–water partition coefficient (Wildman–Crippen LogP) is 7.72. The summed E-state index contributed by atoms with van der Waals surface area (Å²) in [6.07, 6.45) is 16.1. The van der Waals surface area contributed by atoms with Crippen LogP contribution in [0.25, 0.3) is 0 Å². The number of ether oxygens (including phenoxy) is 3. The van der Waals surface area contributed by atoms with Crippen LogP contribution in [0.15, 0.2) is 12.7 Å². The van der Waals surface area contributed by atoms with Gasteiger partial charge in [0.25, 0.3) is 0 Å². The Morgan fingerprint density at radius 3 is 1.69 bits per heavy atom. The number of hydrogen-bond acceptors (Lipinski definition) is 6. The second-order valence-corrected chi connectivity index (χ2v) is 10.2. The Balaban J connectivity index is 4.73. The molecule has 0 spiro atoms. The third-order valence-electron chi connectivity index (χ3n) is 6.34. The molecule has 210 valence electrons. The van der Waals surface area contributed by atoms with E-state index >= 15 is 0 Å². The first-order valence-corrected chi connectivity index (χ1v) is 14.5. The molecule has 2 atom stereocenters. The molecule has 0 aromatic rings. The lowest BCUT2D eigenvalue weighted by Crippen LogP contribution is -2.40. The fourth-order valence-electron chi connectivity index (χ4n) is 4.06. The molecule has 0 saturated carbocycles. The van der Waals surface area contributed by atoms with Gasteiger partial charge in [0, 0.05) is 6.08 Å². The minimum Gasteiger partial charge on any atom is -0.465 e. The van der Waals surface area contributed by atoms with Gasteiger partial charge in [-0.2, -0.15) is 0 Å². The van der Waals surface area contributed by atoms with Crippen molar-refractivity contribution in [3.8, 4) is 0 Å². The maximum absolute atomic E-state index is 12.9. The van der Waals surface area contributed by atoms with Crippen LogP contribution in [0.2, 0.25) is 0 Å². The van der Waals surface area contributed by atoms with Gasteiger partial charge in [-0.25, -0.2) is 9.59 Å². The lowest BCUT2D eigenvalue weighted by atomic mass is 9.95. The molecule has 0 aliphatic heterocycles. The molecule has 0 aromatic carbocycles. The van der Waals surface area contributed by atoms with E-state index in [0.717, 1.165) is 57.4 Å². The maximum atomic E-state index is 12.9. The van der Waals surface area contributed by atoms with Crippen molar-refractivity contribution in [1.29, 1.82) is 0 Å². The summed E-state index contributed by atoms with van der Waals surface area (Å²) in [6.45, 7) is 12.6. The second kappa shape index (κ2) is 23.5. The van der Waals surface area contributed by atoms with Crippen molar-refractivity contribution in [2.24, 2.45) is 11.8 Å². The monoisotopic (exact) mass is 510 g/mol. The minimum absolute atomic E-state index is 0.243. The summed E-state index contributed by atoms with van der Waals surface area (Å²) in [5.41, 5.74) is 0. The highest BCUT2D eigenvalue weighted by atomic mass is 16.6. The van der Waals surface area contributed by atoms with Gasteiger partial charge in [0.1, 0.15) is 5.92 Å². The number of rotatable bonds is 24. The molecule has 0 aliphatic rings. The largest absolute Gasteiger partial charge is 0.465 e. The van der Waals surface area contributed by atoms with Crippen LogP contribution in [0, 0.1) is 11.8 Å². The molecule has 0 amide bonds. The van der Waals surface area contributed by atoms with E-state index in [1.807, 2.05) is 6.92 Å². The van der Waals surface area contributed by atoms with Crippen molar-refractivity contribution in [3.63, 3.8) is 0 Å². The van der Waals surface area contributed by atoms with Crippen LogP contribution < -0.4 is 0 Å². The predicted molar refractivity (Wildman–Crippen MR) is 146 cm³/mol. The normalized spacial score (nSPS) is 12.7. The standard InChI is InChI=1S/C30H54O6/c1-6-9-11-12-13-14-15-16-19-23-34-29(32)26(22-10-7-2)28(36-27(31)8-3)30(33)35-24-20-17-18-21-25(4)5/h8,25-26,28H,3,6-7,9-24H2,1-2,4-5H3. The van der Waals surface area contributed by atoms with Gasteiger partial charge in [0.15, 0.2) is 0 Å². The Bertz CT molecular complexity index is 586. The van der Waals surface area contributed by atoms with E-state index < -0.39 is 29.9 Å². The van der Waals surface area contributed by atoms with Crippen molar-refractivity contribution in [2.75, 3.05) is 13.2 Å². The molecule has 0 aliphatic carbocycles. The fourth-order valence-corrected chi connectivity index (χ4v) is 4.06. The van der Waals surface area contributed by atoms with Gasteiger partial charge in [0.05, 0.1) is 13.2 Å². The van der Waals surface area contributed by atoms with Crippen LogP contribution >= 0.6 is 0 Å². The number of hydrogen-bond donors (Lipinski definition) is 0. The van der Waals surface area contributed by atoms with E-state index in [0.29, 0.717) is 25.4 Å². The van der Waals surface area contributed by atoms with Crippen LogP contribution in [-0.2, 0) is 28.6 Å². The molecule has 0 fully saturated rings.